The first-order valence-corrected chi connectivity index (χ1v) is 8.25. The van der Waals surface area contributed by atoms with Gasteiger partial charge in [0.25, 0.3) is 0 Å². The third-order valence-electron chi connectivity index (χ3n) is 4.65. The van der Waals surface area contributed by atoms with Gasteiger partial charge in [-0.3, -0.25) is 14.5 Å². The van der Waals surface area contributed by atoms with Crippen molar-refractivity contribution >= 4 is 17.6 Å². The smallest absolute Gasteiger partial charge is 0.246 e. The Kier molecular flexibility index (Phi) is 4.04. The van der Waals surface area contributed by atoms with Gasteiger partial charge in [0, 0.05) is 38.9 Å². The normalized spacial score (nSPS) is 24.1. The van der Waals surface area contributed by atoms with E-state index in [4.69, 9.17) is 0 Å². The van der Waals surface area contributed by atoms with Gasteiger partial charge in [-0.15, -0.1) is 0 Å². The summed E-state index contributed by atoms with van der Waals surface area (Å²) in [4.78, 5) is 21.0. The zero-order valence-electron chi connectivity index (χ0n) is 14.4. The Balaban J connectivity index is 1.65. The predicted molar refractivity (Wildman–Crippen MR) is 90.4 cm³/mol. The lowest BCUT2D eigenvalue weighted by Crippen LogP contribution is -2.56. The fraction of sp³-hybridized carbons (Fsp3) is 0.688. The topological polar surface area (TPSA) is 65.8 Å². The predicted octanol–water partition coefficient (Wildman–Crippen LogP) is 0.833. The van der Waals surface area contributed by atoms with Crippen LogP contribution in [0.15, 0.2) is 17.4 Å². The zero-order chi connectivity index (χ0) is 16.6. The molecule has 2 aliphatic rings. The highest BCUT2D eigenvalue weighted by Crippen LogP contribution is 2.44. The summed E-state index contributed by atoms with van der Waals surface area (Å²) in [6.07, 6.45) is 4.76. The summed E-state index contributed by atoms with van der Waals surface area (Å²) in [5.74, 6) is 0.951. The summed E-state index contributed by atoms with van der Waals surface area (Å²) in [6, 6.07) is 0.458. The Bertz CT molecular complexity index is 620. The second-order valence-electron chi connectivity index (χ2n) is 7.03. The molecule has 23 heavy (non-hydrogen) atoms. The summed E-state index contributed by atoms with van der Waals surface area (Å²) in [7, 11) is 1.86. The second-order valence-corrected chi connectivity index (χ2v) is 7.03. The van der Waals surface area contributed by atoms with E-state index in [9.17, 15) is 4.79 Å². The summed E-state index contributed by atoms with van der Waals surface area (Å²) in [5, 5.41) is 7.67. The number of aryl methyl sites for hydroxylation is 1. The standard InChI is InChI=1S/C16H26N6O/c1-5-17-15(19-13-8-16(13,2)3)21-6-7-22(14(23)11-21)12-9-18-20(4)10-12/h9-10,13H,5-8,11H2,1-4H3,(H,17,19). The number of carbonyl (C=O) groups excluding carboxylic acids is 1. The number of hydrogen-bond acceptors (Lipinski definition) is 3. The lowest BCUT2D eigenvalue weighted by Gasteiger charge is -2.35. The largest absolute Gasteiger partial charge is 0.353 e. The van der Waals surface area contributed by atoms with Crippen LogP contribution in [0.1, 0.15) is 27.2 Å². The van der Waals surface area contributed by atoms with E-state index in [2.05, 4.69) is 34.2 Å². The Hall–Kier alpha value is -2.05. The molecule has 1 aromatic heterocycles. The first kappa shape index (κ1) is 15.8. The molecule has 1 aromatic rings. The van der Waals surface area contributed by atoms with Crippen LogP contribution in [-0.2, 0) is 11.8 Å². The van der Waals surface area contributed by atoms with E-state index in [1.54, 1.807) is 15.8 Å². The number of carbonyl (C=O) groups is 1. The quantitative estimate of drug-likeness (QED) is 0.662. The lowest BCUT2D eigenvalue weighted by molar-refractivity contribution is -0.120. The minimum Gasteiger partial charge on any atom is -0.353 e. The highest BCUT2D eigenvalue weighted by molar-refractivity contribution is 5.98. The van der Waals surface area contributed by atoms with Crippen LogP contribution in [-0.4, -0.2) is 58.8 Å². The third kappa shape index (κ3) is 3.33. The number of amides is 1. The molecule has 1 unspecified atom stereocenters. The van der Waals surface area contributed by atoms with Crippen molar-refractivity contribution in [3.63, 3.8) is 0 Å². The van der Waals surface area contributed by atoms with Crippen molar-refractivity contribution in [2.45, 2.75) is 33.2 Å². The van der Waals surface area contributed by atoms with Crippen molar-refractivity contribution in [2.24, 2.45) is 17.5 Å². The maximum absolute atomic E-state index is 12.5. The first-order valence-electron chi connectivity index (χ1n) is 8.25. The number of aromatic nitrogens is 2. The van der Waals surface area contributed by atoms with Crippen molar-refractivity contribution in [3.8, 4) is 0 Å². The van der Waals surface area contributed by atoms with E-state index in [1.165, 1.54) is 0 Å². The van der Waals surface area contributed by atoms with E-state index < -0.39 is 0 Å². The molecule has 2 heterocycles. The van der Waals surface area contributed by atoms with E-state index in [0.717, 1.165) is 24.6 Å². The molecule has 126 valence electrons. The van der Waals surface area contributed by atoms with E-state index >= 15 is 0 Å². The molecule has 1 saturated carbocycles. The van der Waals surface area contributed by atoms with E-state index in [0.29, 0.717) is 31.1 Å². The summed E-state index contributed by atoms with van der Waals surface area (Å²) >= 11 is 0. The monoisotopic (exact) mass is 318 g/mol. The van der Waals surface area contributed by atoms with Gasteiger partial charge in [-0.05, 0) is 18.8 Å². The number of guanidine groups is 1. The second kappa shape index (κ2) is 5.86. The Morgan fingerprint density at radius 3 is 2.74 bits per heavy atom. The van der Waals surface area contributed by atoms with Gasteiger partial charge in [-0.25, -0.2) is 0 Å². The average Bonchev–Trinajstić information content (AvgIpc) is 2.88. The van der Waals surface area contributed by atoms with Crippen LogP contribution in [0.25, 0.3) is 0 Å². The molecule has 1 aliphatic carbocycles. The zero-order valence-corrected chi connectivity index (χ0v) is 14.4. The number of rotatable bonds is 3. The minimum atomic E-state index is 0.0879. The van der Waals surface area contributed by atoms with Crippen molar-refractivity contribution < 1.29 is 4.79 Å². The van der Waals surface area contributed by atoms with Crippen molar-refractivity contribution in [1.29, 1.82) is 0 Å². The Morgan fingerprint density at radius 1 is 1.48 bits per heavy atom. The molecule has 7 heteroatoms. The maximum Gasteiger partial charge on any atom is 0.246 e. The highest BCUT2D eigenvalue weighted by atomic mass is 16.2. The lowest BCUT2D eigenvalue weighted by atomic mass is 10.2. The molecular formula is C16H26N6O. The molecule has 1 aliphatic heterocycles. The van der Waals surface area contributed by atoms with Crippen LogP contribution in [0.4, 0.5) is 5.69 Å². The van der Waals surface area contributed by atoms with Gasteiger partial charge in [0.15, 0.2) is 5.96 Å². The fourth-order valence-electron chi connectivity index (χ4n) is 2.93. The van der Waals surface area contributed by atoms with Crippen LogP contribution < -0.4 is 10.2 Å². The van der Waals surface area contributed by atoms with Gasteiger partial charge in [-0.1, -0.05) is 13.8 Å². The molecule has 7 nitrogen and oxygen atoms in total. The number of anilines is 1. The molecule has 2 fully saturated rings. The van der Waals surface area contributed by atoms with Gasteiger partial charge in [0.1, 0.15) is 6.54 Å². The average molecular weight is 318 g/mol. The molecule has 1 atom stereocenters. The van der Waals surface area contributed by atoms with Gasteiger partial charge < -0.3 is 15.1 Å². The van der Waals surface area contributed by atoms with Crippen LogP contribution in [0.3, 0.4) is 0 Å². The van der Waals surface area contributed by atoms with Gasteiger partial charge >= 0.3 is 0 Å². The number of nitrogens with zero attached hydrogens (tertiary/aromatic N) is 5. The SMILES string of the molecule is CCN=C(NC1CC1(C)C)N1CCN(c2cnn(C)c2)C(=O)C1. The van der Waals surface area contributed by atoms with Crippen molar-refractivity contribution in [2.75, 3.05) is 31.1 Å². The molecule has 1 N–H and O–H groups in total. The molecular weight excluding hydrogens is 292 g/mol. The molecule has 0 aromatic carbocycles. The number of nitrogens with one attached hydrogen (secondary N) is 1. The Morgan fingerprint density at radius 2 is 2.22 bits per heavy atom. The van der Waals surface area contributed by atoms with Gasteiger partial charge in [0.05, 0.1) is 11.9 Å². The molecule has 1 saturated heterocycles. The van der Waals surface area contributed by atoms with Crippen LogP contribution in [0.5, 0.6) is 0 Å². The molecule has 0 spiro atoms. The number of aliphatic imine (C=N–C) groups is 1. The highest BCUT2D eigenvalue weighted by Gasteiger charge is 2.46. The van der Waals surface area contributed by atoms with Crippen LogP contribution in [0, 0.1) is 5.41 Å². The van der Waals surface area contributed by atoms with Crippen LogP contribution >= 0.6 is 0 Å². The van der Waals surface area contributed by atoms with E-state index in [1.807, 2.05) is 20.2 Å². The molecule has 0 radical (unpaired) electrons. The van der Waals surface area contributed by atoms with Crippen molar-refractivity contribution in [1.82, 2.24) is 20.0 Å². The van der Waals surface area contributed by atoms with E-state index in [-0.39, 0.29) is 5.91 Å². The first-order chi connectivity index (χ1) is 10.9. The fourth-order valence-corrected chi connectivity index (χ4v) is 2.93. The van der Waals surface area contributed by atoms with Gasteiger partial charge in [0.2, 0.25) is 5.91 Å². The number of hydrogen-bond donors (Lipinski definition) is 1. The summed E-state index contributed by atoms with van der Waals surface area (Å²) < 4.78 is 1.72. The molecule has 3 rings (SSSR count). The number of piperazine rings is 1. The van der Waals surface area contributed by atoms with Crippen LogP contribution in [0.2, 0.25) is 0 Å². The third-order valence-corrected chi connectivity index (χ3v) is 4.65. The summed E-state index contributed by atoms with van der Waals surface area (Å²) in [5.41, 5.74) is 1.19. The van der Waals surface area contributed by atoms with Crippen molar-refractivity contribution in [3.05, 3.63) is 12.4 Å². The maximum atomic E-state index is 12.5. The Labute approximate surface area is 137 Å². The minimum absolute atomic E-state index is 0.0879. The summed E-state index contributed by atoms with van der Waals surface area (Å²) in [6.45, 7) is 9.02. The molecule has 0 bridgehead atoms. The van der Waals surface area contributed by atoms with Gasteiger partial charge in [-0.2, -0.15) is 5.10 Å². The molecule has 1 amide bonds.